The fourth-order valence-corrected chi connectivity index (χ4v) is 1.15. The minimum Gasteiger partial charge on any atom is -0.375 e. The van der Waals surface area contributed by atoms with Crippen molar-refractivity contribution in [2.24, 2.45) is 5.92 Å². The highest BCUT2D eigenvalue weighted by Crippen LogP contribution is 2.13. The molecule has 0 rings (SSSR count). The van der Waals surface area contributed by atoms with Crippen molar-refractivity contribution >= 4 is 0 Å². The van der Waals surface area contributed by atoms with Crippen LogP contribution in [0.1, 0.15) is 53.9 Å². The molecule has 0 aliphatic carbocycles. The highest BCUT2D eigenvalue weighted by Gasteiger charge is 2.12. The summed E-state index contributed by atoms with van der Waals surface area (Å²) in [6, 6.07) is 0. The van der Waals surface area contributed by atoms with Crippen LogP contribution >= 0.6 is 0 Å². The molecular weight excluding hydrogens is 148 g/mol. The summed E-state index contributed by atoms with van der Waals surface area (Å²) < 4.78 is 5.90. The van der Waals surface area contributed by atoms with Gasteiger partial charge >= 0.3 is 0 Å². The van der Waals surface area contributed by atoms with Crippen molar-refractivity contribution in [3.63, 3.8) is 0 Å². The first-order valence-corrected chi connectivity index (χ1v) is 5.27. The van der Waals surface area contributed by atoms with Gasteiger partial charge in [-0.25, -0.2) is 0 Å². The molecule has 0 amide bonds. The van der Waals surface area contributed by atoms with E-state index in [1.54, 1.807) is 0 Å². The predicted molar refractivity (Wildman–Crippen MR) is 54.4 cm³/mol. The molecule has 0 heterocycles. The molecule has 0 spiro atoms. The van der Waals surface area contributed by atoms with Crippen molar-refractivity contribution in [3.05, 3.63) is 0 Å². The van der Waals surface area contributed by atoms with Gasteiger partial charge < -0.3 is 4.74 Å². The maximum Gasteiger partial charge on any atom is 0.0576 e. The van der Waals surface area contributed by atoms with Gasteiger partial charge in [0, 0.05) is 0 Å². The van der Waals surface area contributed by atoms with E-state index in [9.17, 15) is 0 Å². The zero-order valence-corrected chi connectivity index (χ0v) is 9.26. The molecule has 0 aliphatic heterocycles. The molecular formula is C11H24O. The molecule has 0 bridgehead atoms. The quantitative estimate of drug-likeness (QED) is 0.594. The summed E-state index contributed by atoms with van der Waals surface area (Å²) in [5.41, 5.74) is 0. The monoisotopic (exact) mass is 172 g/mol. The minimum atomic E-state index is 0.404. The molecule has 0 radical (unpaired) electrons. The lowest BCUT2D eigenvalue weighted by Gasteiger charge is -2.23. The molecule has 0 saturated carbocycles. The normalized spacial score (nSPS) is 16.5. The van der Waals surface area contributed by atoms with Gasteiger partial charge in [0.1, 0.15) is 0 Å². The Balaban J connectivity index is 3.68. The van der Waals surface area contributed by atoms with Crippen LogP contribution in [0.25, 0.3) is 0 Å². The van der Waals surface area contributed by atoms with Gasteiger partial charge in [-0.15, -0.1) is 0 Å². The summed E-state index contributed by atoms with van der Waals surface area (Å²) >= 11 is 0. The Morgan fingerprint density at radius 1 is 1.08 bits per heavy atom. The predicted octanol–water partition coefficient (Wildman–Crippen LogP) is 3.63. The van der Waals surface area contributed by atoms with E-state index in [1.165, 1.54) is 12.8 Å². The summed E-state index contributed by atoms with van der Waals surface area (Å²) in [6.45, 7) is 11.0. The Morgan fingerprint density at radius 3 is 2.00 bits per heavy atom. The van der Waals surface area contributed by atoms with Crippen molar-refractivity contribution in [1.82, 2.24) is 0 Å². The van der Waals surface area contributed by atoms with E-state index in [-0.39, 0.29) is 0 Å². The van der Waals surface area contributed by atoms with Crippen molar-refractivity contribution in [2.75, 3.05) is 0 Å². The number of rotatable bonds is 6. The van der Waals surface area contributed by atoms with Crippen LogP contribution in [0, 0.1) is 5.92 Å². The van der Waals surface area contributed by atoms with E-state index < -0.39 is 0 Å². The standard InChI is InChI=1S/C11H24O/c1-6-8-11(7-2)12-10(5)9(3)4/h9-11H,6-8H2,1-5H3. The van der Waals surface area contributed by atoms with Crippen LogP contribution in [-0.4, -0.2) is 12.2 Å². The fraction of sp³-hybridized carbons (Fsp3) is 1.00. The van der Waals surface area contributed by atoms with E-state index in [4.69, 9.17) is 4.74 Å². The third-order valence-corrected chi connectivity index (χ3v) is 2.41. The third-order valence-electron chi connectivity index (χ3n) is 2.41. The van der Waals surface area contributed by atoms with Gasteiger partial charge in [0.2, 0.25) is 0 Å². The zero-order chi connectivity index (χ0) is 9.56. The average molecular weight is 172 g/mol. The lowest BCUT2D eigenvalue weighted by molar-refractivity contribution is -0.0306. The van der Waals surface area contributed by atoms with Crippen LogP contribution in [0.5, 0.6) is 0 Å². The lowest BCUT2D eigenvalue weighted by Crippen LogP contribution is -2.23. The van der Waals surface area contributed by atoms with E-state index >= 15 is 0 Å². The molecule has 2 atom stereocenters. The van der Waals surface area contributed by atoms with E-state index in [2.05, 4.69) is 34.6 Å². The van der Waals surface area contributed by atoms with Crippen LogP contribution in [0.2, 0.25) is 0 Å². The van der Waals surface area contributed by atoms with Crippen molar-refractivity contribution in [1.29, 1.82) is 0 Å². The maximum atomic E-state index is 5.90. The van der Waals surface area contributed by atoms with Crippen LogP contribution in [0.15, 0.2) is 0 Å². The topological polar surface area (TPSA) is 9.23 Å². The first kappa shape index (κ1) is 12.0. The average Bonchev–Trinajstić information content (AvgIpc) is 2.03. The highest BCUT2D eigenvalue weighted by atomic mass is 16.5. The Labute approximate surface area is 77.5 Å². The number of ether oxygens (including phenoxy) is 1. The van der Waals surface area contributed by atoms with Gasteiger partial charge in [-0.05, 0) is 25.7 Å². The van der Waals surface area contributed by atoms with E-state index in [1.807, 2.05) is 0 Å². The van der Waals surface area contributed by atoms with Gasteiger partial charge in [-0.1, -0.05) is 34.1 Å². The van der Waals surface area contributed by atoms with Crippen molar-refractivity contribution in [3.8, 4) is 0 Å². The molecule has 0 aromatic rings. The Morgan fingerprint density at radius 2 is 1.67 bits per heavy atom. The number of hydrogen-bond donors (Lipinski definition) is 0. The van der Waals surface area contributed by atoms with Crippen LogP contribution in [-0.2, 0) is 4.74 Å². The molecule has 1 nitrogen and oxygen atoms in total. The third kappa shape index (κ3) is 4.76. The van der Waals surface area contributed by atoms with Gasteiger partial charge in [0.05, 0.1) is 12.2 Å². The highest BCUT2D eigenvalue weighted by molar-refractivity contribution is 4.61. The summed E-state index contributed by atoms with van der Waals surface area (Å²) in [5.74, 6) is 0.635. The number of hydrogen-bond acceptors (Lipinski definition) is 1. The van der Waals surface area contributed by atoms with Crippen molar-refractivity contribution < 1.29 is 4.74 Å². The van der Waals surface area contributed by atoms with Crippen LogP contribution in [0.4, 0.5) is 0 Å². The summed E-state index contributed by atoms with van der Waals surface area (Å²) in [7, 11) is 0. The van der Waals surface area contributed by atoms with Crippen LogP contribution in [0.3, 0.4) is 0 Å². The summed E-state index contributed by atoms with van der Waals surface area (Å²) in [6.07, 6.45) is 4.45. The molecule has 0 N–H and O–H groups in total. The first-order chi connectivity index (χ1) is 5.61. The van der Waals surface area contributed by atoms with Crippen LogP contribution < -0.4 is 0 Å². The fourth-order valence-electron chi connectivity index (χ4n) is 1.15. The second-order valence-corrected chi connectivity index (χ2v) is 3.90. The molecule has 0 aromatic heterocycles. The molecule has 0 aliphatic rings. The van der Waals surface area contributed by atoms with Gasteiger partial charge in [-0.2, -0.15) is 0 Å². The molecule has 74 valence electrons. The molecule has 0 aromatic carbocycles. The first-order valence-electron chi connectivity index (χ1n) is 5.27. The second-order valence-electron chi connectivity index (χ2n) is 3.90. The maximum absolute atomic E-state index is 5.90. The lowest BCUT2D eigenvalue weighted by atomic mass is 10.1. The van der Waals surface area contributed by atoms with E-state index in [0.717, 1.165) is 6.42 Å². The van der Waals surface area contributed by atoms with Gasteiger partial charge in [0.25, 0.3) is 0 Å². The Bertz CT molecular complexity index is 99.2. The molecule has 0 saturated heterocycles. The van der Waals surface area contributed by atoms with Gasteiger partial charge in [-0.3, -0.25) is 0 Å². The van der Waals surface area contributed by atoms with E-state index in [0.29, 0.717) is 18.1 Å². The molecule has 2 unspecified atom stereocenters. The summed E-state index contributed by atoms with van der Waals surface area (Å²) in [5, 5.41) is 0. The molecule has 0 fully saturated rings. The van der Waals surface area contributed by atoms with Crippen molar-refractivity contribution in [2.45, 2.75) is 66.1 Å². The summed E-state index contributed by atoms with van der Waals surface area (Å²) in [4.78, 5) is 0. The minimum absolute atomic E-state index is 0.404. The second kappa shape index (κ2) is 6.47. The Kier molecular flexibility index (Phi) is 6.45. The van der Waals surface area contributed by atoms with Gasteiger partial charge in [0.15, 0.2) is 0 Å². The molecule has 1 heteroatoms. The Hall–Kier alpha value is -0.0400. The zero-order valence-electron chi connectivity index (χ0n) is 9.26. The smallest absolute Gasteiger partial charge is 0.0576 e. The molecule has 12 heavy (non-hydrogen) atoms. The largest absolute Gasteiger partial charge is 0.375 e. The SMILES string of the molecule is CCCC(CC)OC(C)C(C)C.